The van der Waals surface area contributed by atoms with Crippen molar-refractivity contribution in [2.45, 2.75) is 31.0 Å². The number of hydrogen-bond donors (Lipinski definition) is 0. The molecule has 2 aromatic rings. The molecule has 0 bridgehead atoms. The lowest BCUT2D eigenvalue weighted by molar-refractivity contribution is -0.129. The van der Waals surface area contributed by atoms with Gasteiger partial charge in [0, 0.05) is 20.1 Å². The van der Waals surface area contributed by atoms with E-state index in [4.69, 9.17) is 16.3 Å². The minimum absolute atomic E-state index is 0.168. The summed E-state index contributed by atoms with van der Waals surface area (Å²) in [6, 6.07) is 7.31. The van der Waals surface area contributed by atoms with Crippen molar-refractivity contribution in [3.8, 4) is 5.75 Å². The zero-order chi connectivity index (χ0) is 17.6. The van der Waals surface area contributed by atoms with Crippen molar-refractivity contribution < 1.29 is 9.53 Å². The van der Waals surface area contributed by atoms with E-state index in [0.717, 1.165) is 25.9 Å². The summed E-state index contributed by atoms with van der Waals surface area (Å²) in [5, 5.41) is 9.58. The Kier molecular flexibility index (Phi) is 6.20. The van der Waals surface area contributed by atoms with Crippen LogP contribution in [0.5, 0.6) is 5.75 Å². The van der Waals surface area contributed by atoms with Crippen LogP contribution in [0.3, 0.4) is 0 Å². The number of carbonyl (C=O) groups is 1. The topological polar surface area (TPSA) is 60.2 Å². The summed E-state index contributed by atoms with van der Waals surface area (Å²) >= 11 is 7.49. The maximum atomic E-state index is 12.2. The second-order valence-electron chi connectivity index (χ2n) is 5.91. The molecule has 134 valence electrons. The number of hydrogen-bond acceptors (Lipinski definition) is 5. The van der Waals surface area contributed by atoms with Crippen molar-refractivity contribution >= 4 is 29.3 Å². The zero-order valence-corrected chi connectivity index (χ0v) is 15.7. The van der Waals surface area contributed by atoms with Gasteiger partial charge in [0.05, 0.1) is 10.8 Å². The highest BCUT2D eigenvalue weighted by Crippen LogP contribution is 2.24. The average Bonchev–Trinajstić information content (AvgIpc) is 2.99. The van der Waals surface area contributed by atoms with Crippen molar-refractivity contribution in [1.29, 1.82) is 0 Å². The van der Waals surface area contributed by atoms with Crippen LogP contribution in [0.15, 0.2) is 29.4 Å². The number of aromatic nitrogens is 3. The third-order valence-corrected chi connectivity index (χ3v) is 5.47. The molecular formula is C17H21ClN4O2S. The third kappa shape index (κ3) is 4.67. The number of ether oxygens (including phenoxy) is 1. The summed E-state index contributed by atoms with van der Waals surface area (Å²) < 4.78 is 7.55. The minimum atomic E-state index is 0.168. The second kappa shape index (κ2) is 8.58. The third-order valence-electron chi connectivity index (χ3n) is 4.15. The van der Waals surface area contributed by atoms with Crippen molar-refractivity contribution in [3.05, 3.63) is 35.1 Å². The van der Waals surface area contributed by atoms with Crippen LogP contribution in [0, 0.1) is 0 Å². The fraction of sp³-hybridized carbons (Fsp3) is 0.471. The van der Waals surface area contributed by atoms with E-state index >= 15 is 0 Å². The quantitative estimate of drug-likeness (QED) is 0.720. The number of rotatable bonds is 6. The van der Waals surface area contributed by atoms with Gasteiger partial charge >= 0.3 is 0 Å². The number of thioether (sulfide) groups is 1. The molecule has 1 aromatic carbocycles. The van der Waals surface area contributed by atoms with Gasteiger partial charge in [0.1, 0.15) is 12.4 Å². The molecule has 8 heteroatoms. The van der Waals surface area contributed by atoms with Crippen LogP contribution in [-0.2, 0) is 18.4 Å². The lowest BCUT2D eigenvalue weighted by atomic mass is 10.1. The molecule has 3 rings (SSSR count). The SMILES string of the molecule is Cn1c(COc2ccccc2Cl)nnc1SCC(=O)N1CCCCC1. The molecule has 1 saturated heterocycles. The maximum Gasteiger partial charge on any atom is 0.233 e. The summed E-state index contributed by atoms with van der Waals surface area (Å²) in [7, 11) is 1.87. The van der Waals surface area contributed by atoms with E-state index < -0.39 is 0 Å². The zero-order valence-electron chi connectivity index (χ0n) is 14.2. The van der Waals surface area contributed by atoms with Gasteiger partial charge in [-0.1, -0.05) is 35.5 Å². The van der Waals surface area contributed by atoms with Gasteiger partial charge in [-0.05, 0) is 31.4 Å². The van der Waals surface area contributed by atoms with E-state index in [-0.39, 0.29) is 12.5 Å². The Labute approximate surface area is 156 Å². The molecule has 0 aliphatic carbocycles. The molecule has 0 N–H and O–H groups in total. The van der Waals surface area contributed by atoms with Crippen LogP contribution in [-0.4, -0.2) is 44.4 Å². The molecule has 1 amide bonds. The Hall–Kier alpha value is -1.73. The van der Waals surface area contributed by atoms with E-state index in [2.05, 4.69) is 10.2 Å². The van der Waals surface area contributed by atoms with Crippen LogP contribution in [0.2, 0.25) is 5.02 Å². The van der Waals surface area contributed by atoms with Crippen LogP contribution >= 0.6 is 23.4 Å². The van der Waals surface area contributed by atoms with E-state index in [1.54, 1.807) is 6.07 Å². The Morgan fingerprint density at radius 2 is 2.00 bits per heavy atom. The number of para-hydroxylation sites is 1. The van der Waals surface area contributed by atoms with E-state index in [0.29, 0.717) is 27.5 Å². The number of amides is 1. The first kappa shape index (κ1) is 18.1. The summed E-state index contributed by atoms with van der Waals surface area (Å²) in [6.07, 6.45) is 3.42. The normalized spacial score (nSPS) is 14.6. The molecule has 0 saturated carbocycles. The van der Waals surface area contributed by atoms with Gasteiger partial charge < -0.3 is 14.2 Å². The lowest BCUT2D eigenvalue weighted by Gasteiger charge is -2.26. The smallest absolute Gasteiger partial charge is 0.233 e. The van der Waals surface area contributed by atoms with Gasteiger partial charge in [0.15, 0.2) is 11.0 Å². The molecule has 6 nitrogen and oxygen atoms in total. The van der Waals surface area contributed by atoms with E-state index in [1.165, 1.54) is 18.2 Å². The molecule has 1 aromatic heterocycles. The minimum Gasteiger partial charge on any atom is -0.484 e. The number of likely N-dealkylation sites (tertiary alicyclic amines) is 1. The molecule has 0 unspecified atom stereocenters. The van der Waals surface area contributed by atoms with Gasteiger partial charge in [-0.3, -0.25) is 4.79 Å². The van der Waals surface area contributed by atoms with Gasteiger partial charge in [0.25, 0.3) is 0 Å². The van der Waals surface area contributed by atoms with Gasteiger partial charge in [-0.15, -0.1) is 10.2 Å². The Bertz CT molecular complexity index is 731. The summed E-state index contributed by atoms with van der Waals surface area (Å²) in [6.45, 7) is 2.01. The average molecular weight is 381 g/mol. The molecule has 0 atom stereocenters. The largest absolute Gasteiger partial charge is 0.484 e. The number of benzene rings is 1. The number of halogens is 1. The van der Waals surface area contributed by atoms with Crippen LogP contribution < -0.4 is 4.74 Å². The standard InChI is InChI=1S/C17H21ClN4O2S/c1-21-15(11-24-14-8-4-3-7-13(14)18)19-20-17(21)25-12-16(23)22-9-5-2-6-10-22/h3-4,7-8H,2,5-6,9-12H2,1H3. The van der Waals surface area contributed by atoms with E-state index in [1.807, 2.05) is 34.7 Å². The summed E-state index contributed by atoms with van der Waals surface area (Å²) in [5.74, 6) is 1.85. The van der Waals surface area contributed by atoms with Crippen LogP contribution in [0.1, 0.15) is 25.1 Å². The molecule has 2 heterocycles. The molecular weight excluding hydrogens is 360 g/mol. The Morgan fingerprint density at radius 1 is 1.24 bits per heavy atom. The molecule has 1 aliphatic rings. The molecule has 25 heavy (non-hydrogen) atoms. The number of nitrogens with zero attached hydrogens (tertiary/aromatic N) is 4. The monoisotopic (exact) mass is 380 g/mol. The van der Waals surface area contributed by atoms with Crippen molar-refractivity contribution in [2.75, 3.05) is 18.8 Å². The fourth-order valence-corrected chi connectivity index (χ4v) is 3.68. The van der Waals surface area contributed by atoms with Crippen LogP contribution in [0.25, 0.3) is 0 Å². The Morgan fingerprint density at radius 3 is 2.76 bits per heavy atom. The Balaban J connectivity index is 1.54. The summed E-state index contributed by atoms with van der Waals surface area (Å²) in [5.41, 5.74) is 0. The highest BCUT2D eigenvalue weighted by Gasteiger charge is 2.18. The maximum absolute atomic E-state index is 12.2. The summed E-state index contributed by atoms with van der Waals surface area (Å²) in [4.78, 5) is 14.2. The van der Waals surface area contributed by atoms with Crippen molar-refractivity contribution in [2.24, 2.45) is 7.05 Å². The van der Waals surface area contributed by atoms with Crippen molar-refractivity contribution in [1.82, 2.24) is 19.7 Å². The highest BCUT2D eigenvalue weighted by molar-refractivity contribution is 7.99. The fourth-order valence-electron chi connectivity index (χ4n) is 2.66. The first-order valence-corrected chi connectivity index (χ1v) is 9.67. The first-order chi connectivity index (χ1) is 12.1. The molecule has 1 aliphatic heterocycles. The highest BCUT2D eigenvalue weighted by atomic mass is 35.5. The first-order valence-electron chi connectivity index (χ1n) is 8.31. The predicted molar refractivity (Wildman–Crippen MR) is 97.9 cm³/mol. The number of piperidine rings is 1. The van der Waals surface area contributed by atoms with Gasteiger partial charge in [-0.25, -0.2) is 0 Å². The van der Waals surface area contributed by atoms with Gasteiger partial charge in [-0.2, -0.15) is 0 Å². The van der Waals surface area contributed by atoms with E-state index in [9.17, 15) is 4.79 Å². The van der Waals surface area contributed by atoms with Gasteiger partial charge in [0.2, 0.25) is 5.91 Å². The molecule has 0 spiro atoms. The predicted octanol–water partition coefficient (Wildman–Crippen LogP) is 3.15. The van der Waals surface area contributed by atoms with Crippen molar-refractivity contribution in [3.63, 3.8) is 0 Å². The number of carbonyl (C=O) groups excluding carboxylic acids is 1. The second-order valence-corrected chi connectivity index (χ2v) is 7.26. The molecule has 1 fully saturated rings. The lowest BCUT2D eigenvalue weighted by Crippen LogP contribution is -2.36. The molecule has 0 radical (unpaired) electrons. The van der Waals surface area contributed by atoms with Crippen LogP contribution in [0.4, 0.5) is 0 Å².